The van der Waals surface area contributed by atoms with Crippen molar-refractivity contribution in [3.8, 4) is 5.75 Å². The number of methoxy groups -OCH3 is 1. The van der Waals surface area contributed by atoms with Gasteiger partial charge >= 0.3 is 0 Å². The van der Waals surface area contributed by atoms with E-state index in [0.29, 0.717) is 20.9 Å². The van der Waals surface area contributed by atoms with Gasteiger partial charge in [0.15, 0.2) is 0 Å². The third-order valence-electron chi connectivity index (χ3n) is 3.13. The third kappa shape index (κ3) is 3.80. The minimum Gasteiger partial charge on any atom is -0.495 e. The molecule has 0 atom stereocenters. The molecule has 0 radical (unpaired) electrons. The molecule has 0 aliphatic carbocycles. The number of benzene rings is 2. The number of nitrogens with one attached hydrogen (secondary N) is 1. The summed E-state index contributed by atoms with van der Waals surface area (Å²) in [5.41, 5.74) is 1.18. The fraction of sp³-hybridized carbons (Fsp3) is 0.133. The summed E-state index contributed by atoms with van der Waals surface area (Å²) in [6, 6.07) is 7.41. The van der Waals surface area contributed by atoms with Crippen molar-refractivity contribution >= 4 is 44.8 Å². The number of carbonyl (C=O) groups excluding carboxylic acids is 1. The Kier molecular flexibility index (Phi) is 5.23. The van der Waals surface area contributed by atoms with E-state index in [4.69, 9.17) is 16.3 Å². The minimum absolute atomic E-state index is 0.162. The number of nitro benzene ring substituents is 1. The second-order valence-electron chi connectivity index (χ2n) is 4.68. The van der Waals surface area contributed by atoms with E-state index in [1.54, 1.807) is 19.1 Å². The van der Waals surface area contributed by atoms with Crippen LogP contribution in [0.1, 0.15) is 15.9 Å². The van der Waals surface area contributed by atoms with E-state index >= 15 is 0 Å². The first-order chi connectivity index (χ1) is 10.8. The molecule has 1 amide bonds. The first kappa shape index (κ1) is 17.2. The minimum atomic E-state index is -0.562. The van der Waals surface area contributed by atoms with Crippen molar-refractivity contribution in [3.63, 3.8) is 0 Å². The highest BCUT2D eigenvalue weighted by atomic mass is 79.9. The summed E-state index contributed by atoms with van der Waals surface area (Å²) >= 11 is 9.10. The van der Waals surface area contributed by atoms with Gasteiger partial charge in [0.25, 0.3) is 11.6 Å². The summed E-state index contributed by atoms with van der Waals surface area (Å²) in [6.07, 6.45) is 0. The number of nitro groups is 1. The number of halogens is 2. The predicted octanol–water partition coefficient (Wildman–Crippen LogP) is 4.58. The number of hydrogen-bond acceptors (Lipinski definition) is 4. The van der Waals surface area contributed by atoms with Crippen molar-refractivity contribution in [1.29, 1.82) is 0 Å². The van der Waals surface area contributed by atoms with Crippen molar-refractivity contribution in [1.82, 2.24) is 0 Å². The molecule has 120 valence electrons. The molecule has 1 N–H and O–H groups in total. The zero-order chi connectivity index (χ0) is 17.1. The summed E-state index contributed by atoms with van der Waals surface area (Å²) < 4.78 is 5.49. The highest BCUT2D eigenvalue weighted by Crippen LogP contribution is 2.32. The van der Waals surface area contributed by atoms with Crippen molar-refractivity contribution in [2.45, 2.75) is 6.92 Å². The molecule has 23 heavy (non-hydrogen) atoms. The lowest BCUT2D eigenvalue weighted by Crippen LogP contribution is -2.13. The van der Waals surface area contributed by atoms with E-state index in [2.05, 4.69) is 21.2 Å². The van der Waals surface area contributed by atoms with E-state index in [0.717, 1.165) is 5.56 Å². The Bertz CT molecular complexity index is 795. The fourth-order valence-corrected chi connectivity index (χ4v) is 2.46. The molecule has 0 unspecified atom stereocenters. The van der Waals surface area contributed by atoms with Crippen molar-refractivity contribution in [3.05, 3.63) is 61.1 Å². The topological polar surface area (TPSA) is 81.5 Å². The smallest absolute Gasteiger partial charge is 0.284 e. The maximum Gasteiger partial charge on any atom is 0.284 e. The van der Waals surface area contributed by atoms with Crippen LogP contribution < -0.4 is 10.1 Å². The Hall–Kier alpha value is -2.12. The molecule has 2 aromatic carbocycles. The largest absolute Gasteiger partial charge is 0.495 e. The van der Waals surface area contributed by atoms with Crippen LogP contribution in [0.5, 0.6) is 5.75 Å². The van der Waals surface area contributed by atoms with Crippen LogP contribution in [0.2, 0.25) is 5.02 Å². The van der Waals surface area contributed by atoms with Crippen LogP contribution in [-0.2, 0) is 0 Å². The summed E-state index contributed by atoms with van der Waals surface area (Å²) in [5, 5.41) is 14.1. The molecule has 0 heterocycles. The molecular formula is C15H12BrClN2O4. The van der Waals surface area contributed by atoms with Crippen LogP contribution >= 0.6 is 27.5 Å². The number of aryl methyl sites for hydroxylation is 1. The summed E-state index contributed by atoms with van der Waals surface area (Å²) in [5.74, 6) is -0.0822. The molecule has 0 saturated heterocycles. The first-order valence-electron chi connectivity index (χ1n) is 6.43. The molecule has 0 aliphatic heterocycles. The number of rotatable bonds is 4. The van der Waals surface area contributed by atoms with Gasteiger partial charge in [-0.2, -0.15) is 0 Å². The normalized spacial score (nSPS) is 10.3. The highest BCUT2D eigenvalue weighted by Gasteiger charge is 2.17. The second-order valence-corrected chi connectivity index (χ2v) is 5.94. The Labute approximate surface area is 145 Å². The first-order valence-corrected chi connectivity index (χ1v) is 7.60. The van der Waals surface area contributed by atoms with Crippen LogP contribution in [0.4, 0.5) is 11.4 Å². The van der Waals surface area contributed by atoms with Crippen molar-refractivity contribution < 1.29 is 14.5 Å². The lowest BCUT2D eigenvalue weighted by atomic mass is 10.1. The van der Waals surface area contributed by atoms with E-state index < -0.39 is 10.8 Å². The number of anilines is 1. The monoisotopic (exact) mass is 398 g/mol. The van der Waals surface area contributed by atoms with Crippen molar-refractivity contribution in [2.24, 2.45) is 0 Å². The maximum absolute atomic E-state index is 12.3. The van der Waals surface area contributed by atoms with E-state index in [1.165, 1.54) is 25.3 Å². The van der Waals surface area contributed by atoms with E-state index in [1.807, 2.05) is 0 Å². The van der Waals surface area contributed by atoms with E-state index in [9.17, 15) is 14.9 Å². The molecule has 0 aromatic heterocycles. The number of hydrogen-bond donors (Lipinski definition) is 1. The Morgan fingerprint density at radius 3 is 2.65 bits per heavy atom. The SMILES string of the molecule is COc1cc(Cl)c(C)cc1NC(=O)c1ccc(Br)c([N+](=O)[O-])c1. The molecule has 0 spiro atoms. The van der Waals surface area contributed by atoms with Gasteiger partial charge in [-0.1, -0.05) is 11.6 Å². The Morgan fingerprint density at radius 2 is 2.04 bits per heavy atom. The molecule has 8 heteroatoms. The quantitative estimate of drug-likeness (QED) is 0.602. The van der Waals surface area contributed by atoms with Gasteiger partial charge < -0.3 is 10.1 Å². The Balaban J connectivity index is 2.35. The van der Waals surface area contributed by atoms with E-state index in [-0.39, 0.29) is 11.3 Å². The average Bonchev–Trinajstić information content (AvgIpc) is 2.50. The highest BCUT2D eigenvalue weighted by molar-refractivity contribution is 9.10. The lowest BCUT2D eigenvalue weighted by Gasteiger charge is -2.12. The maximum atomic E-state index is 12.3. The van der Waals surface area contributed by atoms with Crippen LogP contribution in [-0.4, -0.2) is 17.9 Å². The number of ether oxygens (including phenoxy) is 1. The van der Waals surface area contributed by atoms with Crippen LogP contribution in [0.15, 0.2) is 34.8 Å². The van der Waals surface area contributed by atoms with Crippen LogP contribution in [0.3, 0.4) is 0 Å². The summed E-state index contributed by atoms with van der Waals surface area (Å²) in [7, 11) is 1.46. The fourth-order valence-electron chi connectivity index (χ4n) is 1.92. The molecule has 6 nitrogen and oxygen atoms in total. The lowest BCUT2D eigenvalue weighted by molar-refractivity contribution is -0.385. The standard InChI is InChI=1S/C15H12BrClN2O4/c1-8-5-12(14(23-2)7-11(8)17)18-15(20)9-3-4-10(16)13(6-9)19(21)22/h3-7H,1-2H3,(H,18,20). The second kappa shape index (κ2) is 6.97. The van der Waals surface area contributed by atoms with Gasteiger partial charge in [-0.25, -0.2) is 0 Å². The molecule has 0 bridgehead atoms. The number of amides is 1. The molecule has 0 saturated carbocycles. The molecule has 2 rings (SSSR count). The zero-order valence-corrected chi connectivity index (χ0v) is 14.6. The zero-order valence-electron chi connectivity index (χ0n) is 12.2. The number of carbonyl (C=O) groups is 1. The third-order valence-corrected chi connectivity index (χ3v) is 4.21. The van der Waals surface area contributed by atoms with Gasteiger partial charge in [0.2, 0.25) is 0 Å². The van der Waals surface area contributed by atoms with Gasteiger partial charge in [0.05, 0.1) is 22.2 Å². The predicted molar refractivity (Wildman–Crippen MR) is 91.5 cm³/mol. The summed E-state index contributed by atoms with van der Waals surface area (Å²) in [4.78, 5) is 22.7. The molecule has 2 aromatic rings. The van der Waals surface area contributed by atoms with Crippen LogP contribution in [0, 0.1) is 17.0 Å². The average molecular weight is 400 g/mol. The van der Waals surface area contributed by atoms with Crippen LogP contribution in [0.25, 0.3) is 0 Å². The molecule has 0 fully saturated rings. The Morgan fingerprint density at radius 1 is 1.35 bits per heavy atom. The molecular weight excluding hydrogens is 388 g/mol. The van der Waals surface area contributed by atoms with Gasteiger partial charge in [0, 0.05) is 22.7 Å². The van der Waals surface area contributed by atoms with Gasteiger partial charge in [-0.05, 0) is 46.6 Å². The molecule has 0 aliphatic rings. The summed E-state index contributed by atoms with van der Waals surface area (Å²) in [6.45, 7) is 1.79. The van der Waals surface area contributed by atoms with Crippen molar-refractivity contribution in [2.75, 3.05) is 12.4 Å². The van der Waals surface area contributed by atoms with Gasteiger partial charge in [-0.15, -0.1) is 0 Å². The van der Waals surface area contributed by atoms with Gasteiger partial charge in [-0.3, -0.25) is 14.9 Å². The van der Waals surface area contributed by atoms with Gasteiger partial charge in [0.1, 0.15) is 5.75 Å². The number of nitrogens with zero attached hydrogens (tertiary/aromatic N) is 1.